The number of nitrogens with zero attached hydrogens (tertiary/aromatic N) is 1. The van der Waals surface area contributed by atoms with Crippen molar-refractivity contribution in [2.24, 2.45) is 17.1 Å². The summed E-state index contributed by atoms with van der Waals surface area (Å²) in [7, 11) is -2.90. The van der Waals surface area contributed by atoms with E-state index in [1.165, 1.54) is 16.8 Å². The third kappa shape index (κ3) is 10.8. The number of carbonyl (C=O) groups excluding carboxylic acids is 1. The second-order valence-electron chi connectivity index (χ2n) is 11.7. The highest BCUT2D eigenvalue weighted by molar-refractivity contribution is 7.55. The molecule has 1 aromatic heterocycles. The number of terminal acetylenes is 1. The first-order valence-electron chi connectivity index (χ1n) is 14.4. The molecule has 4 N–H and O–H groups in total. The van der Waals surface area contributed by atoms with E-state index in [0.29, 0.717) is 24.9 Å². The molecule has 44 heavy (non-hydrogen) atoms. The topological polar surface area (TPSA) is 159 Å². The maximum absolute atomic E-state index is 12.1. The summed E-state index contributed by atoms with van der Waals surface area (Å²) in [5, 5.41) is 10.8. The third-order valence-corrected chi connectivity index (χ3v) is 8.37. The van der Waals surface area contributed by atoms with Gasteiger partial charge in [0, 0.05) is 29.7 Å². The lowest BCUT2D eigenvalue weighted by molar-refractivity contribution is -0.147. The fourth-order valence-corrected chi connectivity index (χ4v) is 5.48. The van der Waals surface area contributed by atoms with Crippen LogP contribution < -0.4 is 21.5 Å². The maximum atomic E-state index is 12.1. The van der Waals surface area contributed by atoms with E-state index < -0.39 is 31.0 Å². The van der Waals surface area contributed by atoms with E-state index in [4.69, 9.17) is 29.4 Å². The van der Waals surface area contributed by atoms with Crippen molar-refractivity contribution in [2.45, 2.75) is 66.3 Å². The van der Waals surface area contributed by atoms with Crippen LogP contribution in [0.1, 0.15) is 54.2 Å². The van der Waals surface area contributed by atoms with Crippen LogP contribution in [0.4, 0.5) is 0 Å². The standard InChI is InChI=1S/C22H26N3O5P.C8H17NO2.C2H2/c1-3-31(23,30-19-10-6-8-16-7-4-5-9-18(16)19)28-14-17-13-15(2)21(29-17)25-12-11-20(26)24-22(25)27;1-6(9)7(10)11-5-8(2,3)4;1-2/h4-12,15,17,21,23H,3,13-14H2,1-2H3,(H,24,26,27);6H,5,9H2,1-4H3;1-2H/t15-,17-,21+,31?;6-;/m00./s1. The van der Waals surface area contributed by atoms with Crippen molar-refractivity contribution in [2.75, 3.05) is 19.4 Å². The third-order valence-electron chi connectivity index (χ3n) is 6.48. The minimum Gasteiger partial charge on any atom is -0.464 e. The summed E-state index contributed by atoms with van der Waals surface area (Å²) in [6.07, 6.45) is 9.79. The van der Waals surface area contributed by atoms with Gasteiger partial charge < -0.3 is 24.3 Å². The zero-order chi connectivity index (χ0) is 33.1. The summed E-state index contributed by atoms with van der Waals surface area (Å²) in [6, 6.07) is 14.4. The van der Waals surface area contributed by atoms with E-state index in [0.717, 1.165) is 10.8 Å². The van der Waals surface area contributed by atoms with Crippen molar-refractivity contribution in [3.8, 4) is 18.6 Å². The quantitative estimate of drug-likeness (QED) is 0.159. The summed E-state index contributed by atoms with van der Waals surface area (Å²) >= 11 is 0. The largest absolute Gasteiger partial charge is 0.464 e. The van der Waals surface area contributed by atoms with E-state index >= 15 is 0 Å². The number of nitrogens with two attached hydrogens (primary N) is 1. The Morgan fingerprint density at radius 3 is 2.45 bits per heavy atom. The number of hydrogen-bond acceptors (Lipinski definition) is 9. The minimum absolute atomic E-state index is 0.0184. The lowest BCUT2D eigenvalue weighted by atomic mass is 9.99. The Morgan fingerprint density at radius 2 is 1.84 bits per heavy atom. The van der Waals surface area contributed by atoms with E-state index in [1.807, 2.05) is 77.1 Å². The molecule has 5 atom stereocenters. The molecule has 0 amide bonds. The smallest absolute Gasteiger partial charge is 0.330 e. The molecule has 0 saturated carbocycles. The Hall–Kier alpha value is -3.68. The fourth-order valence-electron chi connectivity index (χ4n) is 4.23. The predicted octanol–water partition coefficient (Wildman–Crippen LogP) is 5.51. The molecule has 1 aliphatic rings. The molecule has 1 aliphatic heterocycles. The van der Waals surface area contributed by atoms with Crippen molar-refractivity contribution in [1.82, 2.24) is 9.55 Å². The number of aromatic nitrogens is 2. The van der Waals surface area contributed by atoms with Gasteiger partial charge in [-0.2, -0.15) is 0 Å². The van der Waals surface area contributed by atoms with Crippen LogP contribution in [0.15, 0.2) is 64.3 Å². The highest BCUT2D eigenvalue weighted by atomic mass is 31.2. The first-order chi connectivity index (χ1) is 20.7. The molecular formula is C32H45N4O7P. The Bertz CT molecular complexity index is 1550. The van der Waals surface area contributed by atoms with Gasteiger partial charge in [0.05, 0.1) is 19.3 Å². The number of benzene rings is 2. The van der Waals surface area contributed by atoms with Crippen LogP contribution >= 0.6 is 7.51 Å². The second-order valence-corrected chi connectivity index (χ2v) is 14.1. The molecule has 2 aromatic carbocycles. The van der Waals surface area contributed by atoms with E-state index in [9.17, 15) is 14.4 Å². The molecule has 1 fully saturated rings. The van der Waals surface area contributed by atoms with Gasteiger partial charge in [0.15, 0.2) is 0 Å². The Kier molecular flexibility index (Phi) is 13.6. The van der Waals surface area contributed by atoms with E-state index in [1.54, 1.807) is 6.92 Å². The number of fused-ring (bicyclic) bond motifs is 1. The van der Waals surface area contributed by atoms with Crippen molar-refractivity contribution < 1.29 is 23.3 Å². The average molecular weight is 629 g/mol. The lowest BCUT2D eigenvalue weighted by Gasteiger charge is -2.24. The predicted molar refractivity (Wildman–Crippen MR) is 174 cm³/mol. The number of aromatic amines is 1. The summed E-state index contributed by atoms with van der Waals surface area (Å²) in [4.78, 5) is 36.5. The molecule has 1 unspecified atom stereocenters. The monoisotopic (exact) mass is 628 g/mol. The number of esters is 1. The molecule has 0 spiro atoms. The average Bonchev–Trinajstić information content (AvgIpc) is 3.36. The highest BCUT2D eigenvalue weighted by Crippen LogP contribution is 2.50. The number of H-pyrrole nitrogens is 1. The van der Waals surface area contributed by atoms with Crippen LogP contribution in [0, 0.1) is 29.3 Å². The van der Waals surface area contributed by atoms with Crippen LogP contribution in [-0.4, -0.2) is 47.0 Å². The molecule has 0 bridgehead atoms. The summed E-state index contributed by atoms with van der Waals surface area (Å²) in [5.74, 6) is 0.359. The molecule has 2 heterocycles. The minimum atomic E-state index is -2.90. The van der Waals surface area contributed by atoms with Gasteiger partial charge in [-0.25, -0.2) is 4.79 Å². The Morgan fingerprint density at radius 1 is 1.18 bits per heavy atom. The Labute approximate surface area is 259 Å². The van der Waals surface area contributed by atoms with Crippen molar-refractivity contribution in [1.29, 1.82) is 5.16 Å². The lowest BCUT2D eigenvalue weighted by Crippen LogP contribution is -2.33. The molecular weight excluding hydrogens is 583 g/mol. The van der Waals surface area contributed by atoms with Crippen LogP contribution in [0.5, 0.6) is 5.75 Å². The first kappa shape index (κ1) is 36.5. The maximum Gasteiger partial charge on any atom is 0.330 e. The second kappa shape index (κ2) is 16.4. The van der Waals surface area contributed by atoms with Gasteiger partial charge in [-0.05, 0) is 30.2 Å². The summed E-state index contributed by atoms with van der Waals surface area (Å²) in [5.41, 5.74) is 4.37. The number of hydrogen-bond donors (Lipinski definition) is 3. The fraction of sp³-hybridized carbons (Fsp3) is 0.469. The van der Waals surface area contributed by atoms with Crippen LogP contribution in [-0.2, 0) is 18.8 Å². The molecule has 3 aromatic rings. The zero-order valence-corrected chi connectivity index (χ0v) is 27.2. The number of ether oxygens (including phenoxy) is 2. The van der Waals surface area contributed by atoms with Crippen LogP contribution in [0.25, 0.3) is 10.8 Å². The van der Waals surface area contributed by atoms with Crippen LogP contribution in [0.3, 0.4) is 0 Å². The molecule has 1 saturated heterocycles. The van der Waals surface area contributed by atoms with Gasteiger partial charge in [-0.15, -0.1) is 12.8 Å². The molecule has 11 nitrogen and oxygen atoms in total. The van der Waals surface area contributed by atoms with Gasteiger partial charge in [0.25, 0.3) is 13.1 Å². The molecule has 12 heteroatoms. The molecule has 240 valence electrons. The highest BCUT2D eigenvalue weighted by Gasteiger charge is 2.35. The van der Waals surface area contributed by atoms with Gasteiger partial charge in [-0.3, -0.25) is 24.3 Å². The van der Waals surface area contributed by atoms with Crippen molar-refractivity contribution in [3.05, 3.63) is 75.6 Å². The first-order valence-corrected chi connectivity index (χ1v) is 16.2. The van der Waals surface area contributed by atoms with Crippen molar-refractivity contribution in [3.63, 3.8) is 0 Å². The number of nitrogens with one attached hydrogen (secondary N) is 2. The SMILES string of the molecule is C#C.CCP(=N)(OC[C@@H]1C[C@H](C)[C@H](n2ccc(=O)[nH]c2=O)O1)Oc1cccc2ccccc12.C[C@H](N)C(=O)OCC(C)(C)C. The van der Waals surface area contributed by atoms with Gasteiger partial charge >= 0.3 is 11.7 Å². The molecule has 0 radical (unpaired) electrons. The van der Waals surface area contributed by atoms with Crippen LogP contribution in [0.2, 0.25) is 0 Å². The van der Waals surface area contributed by atoms with Gasteiger partial charge in [-0.1, -0.05) is 71.0 Å². The normalized spacial score (nSPS) is 19.8. The summed E-state index contributed by atoms with van der Waals surface area (Å²) < 4.78 is 24.4. The molecule has 0 aliphatic carbocycles. The summed E-state index contributed by atoms with van der Waals surface area (Å²) in [6.45, 7) is 12.1. The van der Waals surface area contributed by atoms with Crippen molar-refractivity contribution >= 4 is 24.3 Å². The van der Waals surface area contributed by atoms with E-state index in [2.05, 4.69) is 17.8 Å². The van der Waals surface area contributed by atoms with Gasteiger partial charge in [0.2, 0.25) is 0 Å². The Balaban J connectivity index is 0.000000441. The molecule has 4 rings (SSSR count). The van der Waals surface area contributed by atoms with Gasteiger partial charge in [0.1, 0.15) is 18.0 Å². The number of carbonyl (C=O) groups is 1. The zero-order valence-electron chi connectivity index (χ0n) is 26.3. The number of rotatable bonds is 9. The van der Waals surface area contributed by atoms with E-state index in [-0.39, 0.29) is 30.0 Å².